The van der Waals surface area contributed by atoms with E-state index in [9.17, 15) is 13.5 Å². The van der Waals surface area contributed by atoms with Crippen molar-refractivity contribution < 1.29 is 17.7 Å². The first-order valence-electron chi connectivity index (χ1n) is 10.1. The number of hydrogen-bond acceptors (Lipinski definition) is 4. The first kappa shape index (κ1) is 23.1. The molecule has 1 unspecified atom stereocenters. The summed E-state index contributed by atoms with van der Waals surface area (Å²) in [4.78, 5) is 0.134. The third kappa shape index (κ3) is 10.3. The van der Waals surface area contributed by atoms with Crippen LogP contribution in [0.5, 0.6) is 0 Å². The van der Waals surface area contributed by atoms with E-state index in [4.69, 9.17) is 4.18 Å². The first-order valence-corrected chi connectivity index (χ1v) is 11.5. The van der Waals surface area contributed by atoms with Gasteiger partial charge in [0.15, 0.2) is 0 Å². The summed E-state index contributed by atoms with van der Waals surface area (Å²) in [6, 6.07) is 6.52. The maximum absolute atomic E-state index is 12.1. The van der Waals surface area contributed by atoms with Crippen LogP contribution in [-0.2, 0) is 14.3 Å². The summed E-state index contributed by atoms with van der Waals surface area (Å²) < 4.78 is 29.1. The van der Waals surface area contributed by atoms with Crippen molar-refractivity contribution in [2.75, 3.05) is 6.61 Å². The molecule has 0 aliphatic heterocycles. The number of benzene rings is 1. The maximum atomic E-state index is 12.1. The van der Waals surface area contributed by atoms with E-state index < -0.39 is 16.2 Å². The molecule has 0 aliphatic rings. The molecule has 0 saturated heterocycles. The highest BCUT2D eigenvalue weighted by molar-refractivity contribution is 7.86. The number of aryl methyl sites for hydroxylation is 1. The quantitative estimate of drug-likeness (QED) is 0.326. The molecule has 0 saturated carbocycles. The van der Waals surface area contributed by atoms with Gasteiger partial charge in [-0.25, -0.2) is 0 Å². The van der Waals surface area contributed by atoms with Gasteiger partial charge in [-0.2, -0.15) is 8.42 Å². The van der Waals surface area contributed by atoms with Crippen LogP contribution in [0.2, 0.25) is 0 Å². The van der Waals surface area contributed by atoms with Gasteiger partial charge in [0.25, 0.3) is 10.1 Å². The van der Waals surface area contributed by atoms with Crippen LogP contribution < -0.4 is 0 Å². The Hall–Kier alpha value is -0.910. The number of unbranched alkanes of at least 4 members (excludes halogenated alkanes) is 9. The number of aliphatic hydroxyl groups is 1. The van der Waals surface area contributed by atoms with Crippen molar-refractivity contribution in [1.82, 2.24) is 0 Å². The summed E-state index contributed by atoms with van der Waals surface area (Å²) in [5.41, 5.74) is 0.991. The third-order valence-corrected chi connectivity index (χ3v) is 5.91. The average molecular weight is 385 g/mol. The minimum absolute atomic E-state index is 0.134. The lowest BCUT2D eigenvalue weighted by molar-refractivity contribution is 0.100. The van der Waals surface area contributed by atoms with Crippen LogP contribution in [0.1, 0.15) is 83.1 Å². The second kappa shape index (κ2) is 13.3. The smallest absolute Gasteiger partial charge is 0.297 e. The molecule has 26 heavy (non-hydrogen) atoms. The molecular formula is C21H36O4S. The van der Waals surface area contributed by atoms with Gasteiger partial charge in [-0.1, -0.05) is 88.8 Å². The van der Waals surface area contributed by atoms with E-state index in [0.717, 1.165) is 18.4 Å². The molecule has 1 N–H and O–H groups in total. The number of hydrogen-bond donors (Lipinski definition) is 1. The minimum Gasteiger partial charge on any atom is -0.391 e. The highest BCUT2D eigenvalue weighted by Crippen LogP contribution is 2.15. The van der Waals surface area contributed by atoms with Crippen molar-refractivity contribution in [3.05, 3.63) is 29.8 Å². The van der Waals surface area contributed by atoms with Crippen molar-refractivity contribution in [3.8, 4) is 0 Å². The van der Waals surface area contributed by atoms with E-state index in [2.05, 4.69) is 6.92 Å². The van der Waals surface area contributed by atoms with Crippen molar-refractivity contribution in [3.63, 3.8) is 0 Å². The molecule has 0 bridgehead atoms. The highest BCUT2D eigenvalue weighted by Gasteiger charge is 2.17. The van der Waals surface area contributed by atoms with Crippen LogP contribution in [0.15, 0.2) is 29.2 Å². The van der Waals surface area contributed by atoms with Gasteiger partial charge in [-0.15, -0.1) is 0 Å². The molecule has 0 radical (unpaired) electrons. The molecule has 5 heteroatoms. The zero-order valence-corrected chi connectivity index (χ0v) is 17.3. The minimum atomic E-state index is -3.78. The Kier molecular flexibility index (Phi) is 11.8. The van der Waals surface area contributed by atoms with Crippen molar-refractivity contribution in [2.45, 2.75) is 95.5 Å². The Bertz CT molecular complexity index is 566. The van der Waals surface area contributed by atoms with Gasteiger partial charge in [0.05, 0.1) is 17.6 Å². The Balaban J connectivity index is 2.08. The fourth-order valence-corrected chi connectivity index (χ4v) is 3.83. The fraction of sp³-hybridized carbons (Fsp3) is 0.714. The lowest BCUT2D eigenvalue weighted by Gasteiger charge is -2.11. The van der Waals surface area contributed by atoms with Gasteiger partial charge in [0.2, 0.25) is 0 Å². The van der Waals surface area contributed by atoms with Crippen molar-refractivity contribution >= 4 is 10.1 Å². The molecule has 1 rings (SSSR count). The van der Waals surface area contributed by atoms with Crippen LogP contribution >= 0.6 is 0 Å². The van der Waals surface area contributed by atoms with Gasteiger partial charge in [0.1, 0.15) is 0 Å². The molecule has 0 fully saturated rings. The van der Waals surface area contributed by atoms with Crippen LogP contribution in [0.4, 0.5) is 0 Å². The molecular weight excluding hydrogens is 348 g/mol. The average Bonchev–Trinajstić information content (AvgIpc) is 2.62. The topological polar surface area (TPSA) is 63.6 Å². The molecule has 0 spiro atoms. The fourth-order valence-electron chi connectivity index (χ4n) is 2.89. The van der Waals surface area contributed by atoms with Gasteiger partial charge in [-0.3, -0.25) is 4.18 Å². The Labute approximate surface area is 160 Å². The Morgan fingerprint density at radius 2 is 1.38 bits per heavy atom. The van der Waals surface area contributed by atoms with Gasteiger partial charge in [0, 0.05) is 0 Å². The molecule has 1 aromatic rings. The summed E-state index contributed by atoms with van der Waals surface area (Å²) in [5.74, 6) is 0. The predicted octanol–water partition coefficient (Wildman–Crippen LogP) is 5.37. The largest absolute Gasteiger partial charge is 0.391 e. The number of rotatable bonds is 15. The number of aliphatic hydroxyl groups excluding tert-OH is 1. The normalized spacial score (nSPS) is 13.0. The predicted molar refractivity (Wildman–Crippen MR) is 107 cm³/mol. The van der Waals surface area contributed by atoms with Crippen LogP contribution in [0.3, 0.4) is 0 Å². The van der Waals surface area contributed by atoms with Gasteiger partial charge >= 0.3 is 0 Å². The van der Waals surface area contributed by atoms with Crippen LogP contribution in [0.25, 0.3) is 0 Å². The van der Waals surface area contributed by atoms with Crippen molar-refractivity contribution in [2.24, 2.45) is 0 Å². The molecule has 0 amide bonds. The molecule has 0 aliphatic carbocycles. The second-order valence-corrected chi connectivity index (χ2v) is 8.79. The van der Waals surface area contributed by atoms with E-state index in [1.165, 1.54) is 63.5 Å². The zero-order valence-electron chi connectivity index (χ0n) is 16.5. The summed E-state index contributed by atoms with van der Waals surface area (Å²) in [7, 11) is -3.78. The standard InChI is InChI=1S/C21H36O4S/c1-3-4-5-6-7-8-9-10-11-12-13-20(22)18-25-26(23,24)21-16-14-19(2)15-17-21/h14-17,20,22H,3-13,18H2,1-2H3. The zero-order chi connectivity index (χ0) is 19.3. The van der Waals surface area contributed by atoms with E-state index in [1.807, 2.05) is 6.92 Å². The Morgan fingerprint density at radius 3 is 1.92 bits per heavy atom. The maximum Gasteiger partial charge on any atom is 0.297 e. The summed E-state index contributed by atoms with van der Waals surface area (Å²) in [6.45, 7) is 3.96. The monoisotopic (exact) mass is 384 g/mol. The van der Waals surface area contributed by atoms with Gasteiger partial charge in [-0.05, 0) is 25.5 Å². The lowest BCUT2D eigenvalue weighted by Crippen LogP contribution is -2.19. The van der Waals surface area contributed by atoms with Crippen LogP contribution in [-0.4, -0.2) is 26.2 Å². The molecule has 4 nitrogen and oxygen atoms in total. The molecule has 1 atom stereocenters. The van der Waals surface area contributed by atoms with E-state index in [1.54, 1.807) is 12.1 Å². The third-order valence-electron chi connectivity index (χ3n) is 4.62. The second-order valence-electron chi connectivity index (χ2n) is 7.18. The van der Waals surface area contributed by atoms with E-state index in [-0.39, 0.29) is 11.5 Å². The van der Waals surface area contributed by atoms with E-state index >= 15 is 0 Å². The first-order chi connectivity index (χ1) is 12.5. The summed E-state index contributed by atoms with van der Waals surface area (Å²) >= 11 is 0. The molecule has 1 aromatic carbocycles. The highest BCUT2D eigenvalue weighted by atomic mass is 32.2. The van der Waals surface area contributed by atoms with E-state index in [0.29, 0.717) is 6.42 Å². The van der Waals surface area contributed by atoms with Crippen LogP contribution in [0, 0.1) is 6.92 Å². The molecule has 150 valence electrons. The Morgan fingerprint density at radius 1 is 0.885 bits per heavy atom. The lowest BCUT2D eigenvalue weighted by atomic mass is 10.0. The molecule has 0 aromatic heterocycles. The van der Waals surface area contributed by atoms with Gasteiger partial charge < -0.3 is 5.11 Å². The van der Waals surface area contributed by atoms with Crippen molar-refractivity contribution in [1.29, 1.82) is 0 Å². The summed E-state index contributed by atoms with van der Waals surface area (Å²) in [6.07, 6.45) is 12.2. The SMILES string of the molecule is CCCCCCCCCCCCC(O)COS(=O)(=O)c1ccc(C)cc1. The molecule has 0 heterocycles. The summed E-state index contributed by atoms with van der Waals surface area (Å²) in [5, 5.41) is 9.94.